The molecule has 0 saturated heterocycles. The number of pyridine rings is 2. The molecule has 0 bridgehead atoms. The number of para-hydroxylation sites is 1. The number of amides is 2. The fourth-order valence-corrected chi connectivity index (χ4v) is 4.62. The summed E-state index contributed by atoms with van der Waals surface area (Å²) in [7, 11) is 0. The van der Waals surface area contributed by atoms with Crippen LogP contribution in [0.2, 0.25) is 0 Å². The average Bonchev–Trinajstić information content (AvgIpc) is 2.86. The molecule has 1 aromatic carbocycles. The van der Waals surface area contributed by atoms with Gasteiger partial charge in [0.1, 0.15) is 0 Å². The van der Waals surface area contributed by atoms with Crippen LogP contribution in [0.4, 0.5) is 5.69 Å². The SMILES string of the molecule is CC(=O)N1CCCN(Cc2ccccn2)CCCN(C(=O)c2cccnc2C)Cc2ccccc21. The number of fused-ring (bicyclic) bond motifs is 1. The summed E-state index contributed by atoms with van der Waals surface area (Å²) in [4.78, 5) is 41.2. The number of rotatable bonds is 3. The lowest BCUT2D eigenvalue weighted by molar-refractivity contribution is -0.116. The van der Waals surface area contributed by atoms with Crippen LogP contribution in [0.1, 0.15) is 47.1 Å². The van der Waals surface area contributed by atoms with Crippen molar-refractivity contribution < 1.29 is 9.59 Å². The molecule has 0 aliphatic carbocycles. The van der Waals surface area contributed by atoms with Crippen LogP contribution < -0.4 is 4.90 Å². The molecule has 0 saturated carbocycles. The van der Waals surface area contributed by atoms with Crippen molar-refractivity contribution in [1.82, 2.24) is 19.8 Å². The number of anilines is 1. The molecule has 7 nitrogen and oxygen atoms in total. The fourth-order valence-electron chi connectivity index (χ4n) is 4.62. The minimum absolute atomic E-state index is 0.00626. The molecule has 0 radical (unpaired) electrons. The number of hydrogen-bond acceptors (Lipinski definition) is 5. The van der Waals surface area contributed by atoms with Crippen LogP contribution in [-0.2, 0) is 17.9 Å². The molecule has 0 fully saturated rings. The van der Waals surface area contributed by atoms with Gasteiger partial charge in [-0.05, 0) is 55.7 Å². The molecule has 0 unspecified atom stereocenters. The first kappa shape index (κ1) is 24.5. The largest absolute Gasteiger partial charge is 0.334 e. The Morgan fingerprint density at radius 1 is 0.857 bits per heavy atom. The van der Waals surface area contributed by atoms with Gasteiger partial charge < -0.3 is 9.80 Å². The van der Waals surface area contributed by atoms with Crippen LogP contribution in [0.25, 0.3) is 0 Å². The molecule has 7 heteroatoms. The Bertz CT molecular complexity index is 1150. The third-order valence-corrected chi connectivity index (χ3v) is 6.42. The van der Waals surface area contributed by atoms with Gasteiger partial charge in [-0.1, -0.05) is 24.3 Å². The van der Waals surface area contributed by atoms with Gasteiger partial charge in [0, 0.05) is 70.0 Å². The predicted molar refractivity (Wildman–Crippen MR) is 137 cm³/mol. The number of hydrogen-bond donors (Lipinski definition) is 0. The van der Waals surface area contributed by atoms with Gasteiger partial charge in [-0.3, -0.25) is 24.5 Å². The Labute approximate surface area is 207 Å². The summed E-state index contributed by atoms with van der Waals surface area (Å²) >= 11 is 0. The number of carbonyl (C=O) groups is 2. The van der Waals surface area contributed by atoms with Crippen LogP contribution in [0, 0.1) is 6.92 Å². The van der Waals surface area contributed by atoms with Gasteiger partial charge >= 0.3 is 0 Å². The van der Waals surface area contributed by atoms with Crippen molar-refractivity contribution in [2.24, 2.45) is 0 Å². The van der Waals surface area contributed by atoms with Crippen molar-refractivity contribution in [1.29, 1.82) is 0 Å². The molecule has 2 amide bonds. The summed E-state index contributed by atoms with van der Waals surface area (Å²) < 4.78 is 0. The predicted octanol–water partition coefficient (Wildman–Crippen LogP) is 4.08. The van der Waals surface area contributed by atoms with Crippen molar-refractivity contribution in [3.05, 3.63) is 89.5 Å². The number of benzene rings is 1. The highest BCUT2D eigenvalue weighted by Gasteiger charge is 2.23. The summed E-state index contributed by atoms with van der Waals surface area (Å²) in [6, 6.07) is 17.5. The third-order valence-electron chi connectivity index (χ3n) is 6.42. The minimum atomic E-state index is -0.0342. The summed E-state index contributed by atoms with van der Waals surface area (Å²) in [5.41, 5.74) is 4.21. The quantitative estimate of drug-likeness (QED) is 0.576. The highest BCUT2D eigenvalue weighted by Crippen LogP contribution is 2.24. The second-order valence-electron chi connectivity index (χ2n) is 8.97. The van der Waals surface area contributed by atoms with Crippen molar-refractivity contribution in [2.75, 3.05) is 31.1 Å². The first-order valence-corrected chi connectivity index (χ1v) is 12.2. The van der Waals surface area contributed by atoms with Crippen molar-refractivity contribution >= 4 is 17.5 Å². The van der Waals surface area contributed by atoms with Gasteiger partial charge in [0.25, 0.3) is 5.91 Å². The second kappa shape index (κ2) is 11.7. The van der Waals surface area contributed by atoms with E-state index in [0.717, 1.165) is 55.1 Å². The Hall–Kier alpha value is -3.58. The van der Waals surface area contributed by atoms with E-state index in [1.54, 1.807) is 19.2 Å². The van der Waals surface area contributed by atoms with Gasteiger partial charge in [-0.2, -0.15) is 0 Å². The van der Waals surface area contributed by atoms with E-state index in [4.69, 9.17) is 0 Å². The molecule has 0 atom stereocenters. The summed E-state index contributed by atoms with van der Waals surface area (Å²) in [5.74, 6) is -0.0279. The topological polar surface area (TPSA) is 69.6 Å². The summed E-state index contributed by atoms with van der Waals surface area (Å²) in [6.45, 7) is 7.58. The zero-order valence-corrected chi connectivity index (χ0v) is 20.6. The number of aromatic nitrogens is 2. The molecule has 0 N–H and O–H groups in total. The Kier molecular flexibility index (Phi) is 8.21. The van der Waals surface area contributed by atoms with E-state index in [9.17, 15) is 9.59 Å². The monoisotopic (exact) mass is 471 g/mol. The summed E-state index contributed by atoms with van der Waals surface area (Å²) in [6.07, 6.45) is 5.23. The molecule has 2 aromatic heterocycles. The van der Waals surface area contributed by atoms with E-state index in [0.29, 0.717) is 25.2 Å². The molecule has 3 aromatic rings. The number of nitrogens with zero attached hydrogens (tertiary/aromatic N) is 5. The van der Waals surface area contributed by atoms with Crippen LogP contribution in [-0.4, -0.2) is 57.8 Å². The second-order valence-corrected chi connectivity index (χ2v) is 8.97. The Morgan fingerprint density at radius 2 is 1.60 bits per heavy atom. The first-order chi connectivity index (χ1) is 17.0. The van der Waals surface area contributed by atoms with E-state index in [-0.39, 0.29) is 11.8 Å². The Balaban J connectivity index is 1.64. The van der Waals surface area contributed by atoms with E-state index in [1.165, 1.54) is 0 Å². The van der Waals surface area contributed by atoms with Crippen LogP contribution in [0.5, 0.6) is 0 Å². The number of carbonyl (C=O) groups excluding carboxylic acids is 2. The van der Waals surface area contributed by atoms with Gasteiger partial charge in [0.05, 0.1) is 11.3 Å². The molecule has 182 valence electrons. The fraction of sp³-hybridized carbons (Fsp3) is 0.357. The molecule has 1 aliphatic heterocycles. The number of aryl methyl sites for hydroxylation is 1. The van der Waals surface area contributed by atoms with Crippen molar-refractivity contribution in [2.45, 2.75) is 39.8 Å². The standard InChI is InChI=1S/C28H33N5O2/c1-22-26(12-7-15-29-22)28(35)32-18-8-16-31(21-25-11-5-6-14-30-25)17-9-19-33(23(2)34)27-13-4-3-10-24(27)20-32/h3-7,10-15H,8-9,16-21H2,1-2H3. The van der Waals surface area contributed by atoms with Crippen molar-refractivity contribution in [3.8, 4) is 0 Å². The van der Waals surface area contributed by atoms with E-state index in [2.05, 4.69) is 14.9 Å². The summed E-state index contributed by atoms with van der Waals surface area (Å²) in [5, 5.41) is 0. The minimum Gasteiger partial charge on any atom is -0.334 e. The van der Waals surface area contributed by atoms with Crippen molar-refractivity contribution in [3.63, 3.8) is 0 Å². The van der Waals surface area contributed by atoms with E-state index >= 15 is 0 Å². The highest BCUT2D eigenvalue weighted by atomic mass is 16.2. The maximum atomic E-state index is 13.6. The maximum Gasteiger partial charge on any atom is 0.255 e. The van der Waals surface area contributed by atoms with Gasteiger partial charge in [-0.15, -0.1) is 0 Å². The molecule has 3 heterocycles. The smallest absolute Gasteiger partial charge is 0.255 e. The molecule has 4 rings (SSSR count). The van der Waals surface area contributed by atoms with E-state index in [1.807, 2.05) is 71.5 Å². The maximum absolute atomic E-state index is 13.6. The Morgan fingerprint density at radius 3 is 2.34 bits per heavy atom. The lowest BCUT2D eigenvalue weighted by Gasteiger charge is -2.31. The molecular formula is C28H33N5O2. The van der Waals surface area contributed by atoms with E-state index < -0.39 is 0 Å². The van der Waals surface area contributed by atoms with Gasteiger partial charge in [0.2, 0.25) is 5.91 Å². The van der Waals surface area contributed by atoms with Crippen LogP contribution in [0.3, 0.4) is 0 Å². The molecule has 35 heavy (non-hydrogen) atoms. The highest BCUT2D eigenvalue weighted by molar-refractivity contribution is 5.95. The van der Waals surface area contributed by atoms with Gasteiger partial charge in [-0.25, -0.2) is 0 Å². The third kappa shape index (κ3) is 6.31. The first-order valence-electron chi connectivity index (χ1n) is 12.2. The van der Waals surface area contributed by atoms with Crippen LogP contribution in [0.15, 0.2) is 67.0 Å². The zero-order valence-electron chi connectivity index (χ0n) is 20.6. The lowest BCUT2D eigenvalue weighted by Crippen LogP contribution is -2.38. The van der Waals surface area contributed by atoms with Gasteiger partial charge in [0.15, 0.2) is 0 Å². The molecule has 0 spiro atoms. The lowest BCUT2D eigenvalue weighted by atomic mass is 10.1. The zero-order chi connectivity index (χ0) is 24.6. The normalized spacial score (nSPS) is 15.6. The average molecular weight is 472 g/mol. The molecule has 1 aliphatic rings. The van der Waals surface area contributed by atoms with Crippen LogP contribution >= 0.6 is 0 Å². The molecular weight excluding hydrogens is 438 g/mol.